The van der Waals surface area contributed by atoms with E-state index in [4.69, 9.17) is 0 Å². The molecule has 74 valence electrons. The number of H-pyrrole nitrogens is 1. The normalized spacial score (nSPS) is 9.36. The van der Waals surface area contributed by atoms with Crippen LogP contribution in [-0.2, 0) is 0 Å². The molecule has 0 aliphatic heterocycles. The Morgan fingerprint density at radius 1 is 1.43 bits per heavy atom. The third-order valence-electron chi connectivity index (χ3n) is 1.80. The van der Waals surface area contributed by atoms with E-state index in [1.807, 2.05) is 26.1 Å². The van der Waals surface area contributed by atoms with Crippen LogP contribution in [0.25, 0.3) is 10.9 Å². The Kier molecular flexibility index (Phi) is 3.40. The van der Waals surface area contributed by atoms with Gasteiger partial charge < -0.3 is 4.98 Å². The summed E-state index contributed by atoms with van der Waals surface area (Å²) in [5.74, 6) is -0.00176. The predicted molar refractivity (Wildman–Crippen MR) is 57.4 cm³/mol. The number of hydrogen-bond donors (Lipinski definition) is 1. The van der Waals surface area contributed by atoms with Crippen molar-refractivity contribution in [2.45, 2.75) is 20.8 Å². The monoisotopic (exact) mass is 190 g/mol. The van der Waals surface area contributed by atoms with Gasteiger partial charge in [0.25, 0.3) is 0 Å². The maximum absolute atomic E-state index is 10.9. The lowest BCUT2D eigenvalue weighted by Crippen LogP contribution is -1.94. The van der Waals surface area contributed by atoms with E-state index in [9.17, 15) is 4.79 Å². The minimum atomic E-state index is -0.00176. The molecule has 0 aliphatic carbocycles. The molecule has 0 spiro atoms. The fraction of sp³-hybridized carbons (Fsp3) is 0.273. The molecule has 14 heavy (non-hydrogen) atoms. The Balaban J connectivity index is 0.000000461. The molecule has 0 aromatic carbocycles. The lowest BCUT2D eigenvalue weighted by molar-refractivity contribution is 0.101. The van der Waals surface area contributed by atoms with Gasteiger partial charge >= 0.3 is 0 Å². The summed E-state index contributed by atoms with van der Waals surface area (Å²) in [4.78, 5) is 17.9. The van der Waals surface area contributed by atoms with Crippen molar-refractivity contribution in [1.82, 2.24) is 9.97 Å². The third-order valence-corrected chi connectivity index (χ3v) is 1.80. The second-order valence-electron chi connectivity index (χ2n) is 2.69. The van der Waals surface area contributed by atoms with E-state index in [0.717, 1.165) is 10.9 Å². The molecule has 0 radical (unpaired) electrons. The lowest BCUT2D eigenvalue weighted by Gasteiger charge is -1.93. The van der Waals surface area contributed by atoms with E-state index in [1.165, 1.54) is 6.92 Å². The summed E-state index contributed by atoms with van der Waals surface area (Å²) >= 11 is 0. The summed E-state index contributed by atoms with van der Waals surface area (Å²) in [6.07, 6.45) is 3.50. The van der Waals surface area contributed by atoms with Gasteiger partial charge in [0, 0.05) is 18.5 Å². The first kappa shape index (κ1) is 10.4. The molecule has 0 aliphatic rings. The summed E-state index contributed by atoms with van der Waals surface area (Å²) in [7, 11) is 0. The van der Waals surface area contributed by atoms with Crippen molar-refractivity contribution in [1.29, 1.82) is 0 Å². The van der Waals surface area contributed by atoms with Crippen molar-refractivity contribution < 1.29 is 4.79 Å². The molecule has 2 rings (SSSR count). The summed E-state index contributed by atoms with van der Waals surface area (Å²) in [5.41, 5.74) is 1.47. The zero-order chi connectivity index (χ0) is 10.6. The fourth-order valence-electron chi connectivity index (χ4n) is 1.14. The Hall–Kier alpha value is -1.64. The van der Waals surface area contributed by atoms with E-state index < -0.39 is 0 Å². The number of aromatic amines is 1. The van der Waals surface area contributed by atoms with Gasteiger partial charge in [0.2, 0.25) is 0 Å². The minimum Gasteiger partial charge on any atom is -0.360 e. The van der Waals surface area contributed by atoms with Crippen molar-refractivity contribution in [3.63, 3.8) is 0 Å². The molecule has 1 N–H and O–H groups in total. The highest BCUT2D eigenvalue weighted by molar-refractivity contribution is 5.95. The standard InChI is InChI=1S/C9H8N2O.C2H6/c1-6(12)8-4-7-2-3-10-9(7)5-11-8;1-2/h2-5,10H,1H3;1-2H3. The number of Topliss-reactive ketones (excluding diaryl/α,β-unsaturated/α-hetero) is 1. The zero-order valence-corrected chi connectivity index (χ0v) is 8.66. The van der Waals surface area contributed by atoms with Gasteiger partial charge in [-0.1, -0.05) is 13.8 Å². The topological polar surface area (TPSA) is 45.8 Å². The van der Waals surface area contributed by atoms with Crippen LogP contribution in [0.1, 0.15) is 31.3 Å². The van der Waals surface area contributed by atoms with Crippen LogP contribution in [0.3, 0.4) is 0 Å². The Morgan fingerprint density at radius 3 is 2.79 bits per heavy atom. The van der Waals surface area contributed by atoms with E-state index in [1.54, 1.807) is 12.3 Å². The SMILES string of the molecule is CC.CC(=O)c1cc2cc[nH]c2cn1. The molecule has 0 saturated carbocycles. The first-order valence-electron chi connectivity index (χ1n) is 4.71. The maximum atomic E-state index is 10.9. The number of nitrogens with one attached hydrogen (secondary N) is 1. The highest BCUT2D eigenvalue weighted by Crippen LogP contribution is 2.11. The van der Waals surface area contributed by atoms with E-state index in [-0.39, 0.29) is 5.78 Å². The first-order valence-corrected chi connectivity index (χ1v) is 4.71. The van der Waals surface area contributed by atoms with Crippen molar-refractivity contribution in [2.24, 2.45) is 0 Å². The van der Waals surface area contributed by atoms with E-state index >= 15 is 0 Å². The van der Waals surface area contributed by atoms with Crippen LogP contribution < -0.4 is 0 Å². The number of fused-ring (bicyclic) bond motifs is 1. The van der Waals surface area contributed by atoms with Crippen LogP contribution in [0.5, 0.6) is 0 Å². The average Bonchev–Trinajstić information content (AvgIpc) is 2.67. The second kappa shape index (κ2) is 4.56. The summed E-state index contributed by atoms with van der Waals surface area (Å²) in [6, 6.07) is 3.71. The zero-order valence-electron chi connectivity index (χ0n) is 8.66. The number of carbonyl (C=O) groups is 1. The van der Waals surface area contributed by atoms with Crippen LogP contribution in [0.2, 0.25) is 0 Å². The smallest absolute Gasteiger partial charge is 0.178 e. The Bertz CT molecular complexity index is 432. The van der Waals surface area contributed by atoms with Crippen LogP contribution in [0, 0.1) is 0 Å². The van der Waals surface area contributed by atoms with Crippen molar-refractivity contribution >= 4 is 16.7 Å². The van der Waals surface area contributed by atoms with Crippen molar-refractivity contribution in [2.75, 3.05) is 0 Å². The number of ketones is 1. The predicted octanol–water partition coefficient (Wildman–Crippen LogP) is 2.79. The van der Waals surface area contributed by atoms with Crippen LogP contribution >= 0.6 is 0 Å². The van der Waals surface area contributed by atoms with Gasteiger partial charge in [-0.3, -0.25) is 9.78 Å². The molecule has 2 heterocycles. The summed E-state index contributed by atoms with van der Waals surface area (Å²) < 4.78 is 0. The van der Waals surface area contributed by atoms with Gasteiger partial charge in [0.1, 0.15) is 5.69 Å². The quantitative estimate of drug-likeness (QED) is 0.703. The van der Waals surface area contributed by atoms with Crippen molar-refractivity contribution in [3.05, 3.63) is 30.2 Å². The molecule has 3 heteroatoms. The molecule has 0 unspecified atom stereocenters. The maximum Gasteiger partial charge on any atom is 0.178 e. The minimum absolute atomic E-state index is 0.00176. The summed E-state index contributed by atoms with van der Waals surface area (Å²) in [6.45, 7) is 5.51. The number of aromatic nitrogens is 2. The Morgan fingerprint density at radius 2 is 2.14 bits per heavy atom. The summed E-state index contributed by atoms with van der Waals surface area (Å²) in [5, 5.41) is 1.02. The van der Waals surface area contributed by atoms with Gasteiger partial charge in [-0.05, 0) is 12.1 Å². The molecule has 2 aromatic rings. The molecule has 0 fully saturated rings. The molecular weight excluding hydrogens is 176 g/mol. The highest BCUT2D eigenvalue weighted by atomic mass is 16.1. The molecule has 0 saturated heterocycles. The van der Waals surface area contributed by atoms with E-state index in [0.29, 0.717) is 5.69 Å². The van der Waals surface area contributed by atoms with Gasteiger partial charge in [-0.15, -0.1) is 0 Å². The fourth-order valence-corrected chi connectivity index (χ4v) is 1.14. The number of rotatable bonds is 1. The third kappa shape index (κ3) is 1.99. The number of hydrogen-bond acceptors (Lipinski definition) is 2. The number of pyridine rings is 1. The molecule has 0 bridgehead atoms. The van der Waals surface area contributed by atoms with Gasteiger partial charge in [0.15, 0.2) is 5.78 Å². The molecular formula is C11H14N2O. The largest absolute Gasteiger partial charge is 0.360 e. The molecule has 2 aromatic heterocycles. The van der Waals surface area contributed by atoms with Gasteiger partial charge in [-0.25, -0.2) is 0 Å². The van der Waals surface area contributed by atoms with Crippen LogP contribution in [-0.4, -0.2) is 15.8 Å². The number of nitrogens with zero attached hydrogens (tertiary/aromatic N) is 1. The first-order chi connectivity index (χ1) is 6.77. The van der Waals surface area contributed by atoms with Crippen LogP contribution in [0.15, 0.2) is 24.5 Å². The van der Waals surface area contributed by atoms with Gasteiger partial charge in [-0.2, -0.15) is 0 Å². The highest BCUT2D eigenvalue weighted by Gasteiger charge is 2.01. The van der Waals surface area contributed by atoms with Gasteiger partial charge in [0.05, 0.1) is 11.7 Å². The molecule has 0 atom stereocenters. The Labute approximate surface area is 83.2 Å². The molecule has 0 amide bonds. The lowest BCUT2D eigenvalue weighted by atomic mass is 10.2. The molecule has 3 nitrogen and oxygen atoms in total. The average molecular weight is 190 g/mol. The second-order valence-corrected chi connectivity index (χ2v) is 2.69. The van der Waals surface area contributed by atoms with Crippen molar-refractivity contribution in [3.8, 4) is 0 Å². The van der Waals surface area contributed by atoms with Crippen LogP contribution in [0.4, 0.5) is 0 Å². The van der Waals surface area contributed by atoms with E-state index in [2.05, 4.69) is 9.97 Å². The number of carbonyl (C=O) groups excluding carboxylic acids is 1.